The minimum absolute atomic E-state index is 0.0349. The number of hydrogen-bond donors (Lipinski definition) is 3. The van der Waals surface area contributed by atoms with E-state index in [1.165, 1.54) is 26.4 Å². The lowest BCUT2D eigenvalue weighted by molar-refractivity contribution is -0.122. The first-order chi connectivity index (χ1) is 18.8. The van der Waals surface area contributed by atoms with Gasteiger partial charge in [0.25, 0.3) is 5.91 Å². The van der Waals surface area contributed by atoms with E-state index < -0.39 is 12.1 Å². The fourth-order valence-corrected chi connectivity index (χ4v) is 4.76. The average Bonchev–Trinajstić information content (AvgIpc) is 3.34. The summed E-state index contributed by atoms with van der Waals surface area (Å²) in [5.41, 5.74) is 4.97. The number of amides is 2. The Morgan fingerprint density at radius 1 is 1.10 bits per heavy atom. The molecule has 1 aliphatic heterocycles. The first-order valence-electron chi connectivity index (χ1n) is 12.7. The van der Waals surface area contributed by atoms with E-state index in [2.05, 4.69) is 10.5 Å². The van der Waals surface area contributed by atoms with Crippen LogP contribution in [0.3, 0.4) is 0 Å². The molecule has 0 radical (unpaired) electrons. The minimum atomic E-state index is -0.998. The molecule has 4 rings (SSSR count). The molecule has 39 heavy (non-hydrogen) atoms. The lowest BCUT2D eigenvalue weighted by Crippen LogP contribution is -2.40. The van der Waals surface area contributed by atoms with Gasteiger partial charge in [-0.2, -0.15) is 0 Å². The Kier molecular flexibility index (Phi) is 8.83. The zero-order valence-electron chi connectivity index (χ0n) is 22.3. The van der Waals surface area contributed by atoms with Crippen molar-refractivity contribution in [1.82, 2.24) is 10.2 Å². The van der Waals surface area contributed by atoms with E-state index in [0.717, 1.165) is 16.7 Å². The van der Waals surface area contributed by atoms with Gasteiger partial charge in [0.15, 0.2) is 11.5 Å². The van der Waals surface area contributed by atoms with Gasteiger partial charge >= 0.3 is 0 Å². The number of hydrogen-bond acceptors (Lipinski definition) is 7. The number of oxime groups is 1. The maximum absolute atomic E-state index is 13.5. The molecule has 1 fully saturated rings. The Bertz CT molecular complexity index is 1360. The Hall–Kier alpha value is -4.37. The number of ether oxygens (including phenoxy) is 1. The molecule has 1 aliphatic rings. The van der Waals surface area contributed by atoms with Gasteiger partial charge in [-0.3, -0.25) is 9.59 Å². The molecule has 9 heteroatoms. The number of carbonyl (C=O) groups is 2. The van der Waals surface area contributed by atoms with Crippen LogP contribution in [0.25, 0.3) is 11.1 Å². The highest BCUT2D eigenvalue weighted by molar-refractivity contribution is 6.01. The van der Waals surface area contributed by atoms with Crippen molar-refractivity contribution in [2.45, 2.75) is 31.9 Å². The predicted molar refractivity (Wildman–Crippen MR) is 148 cm³/mol. The molecular weight excluding hydrogens is 498 g/mol. The van der Waals surface area contributed by atoms with Crippen LogP contribution >= 0.6 is 0 Å². The Labute approximate surface area is 227 Å². The Morgan fingerprint density at radius 2 is 1.85 bits per heavy atom. The smallest absolute Gasteiger partial charge is 0.254 e. The summed E-state index contributed by atoms with van der Waals surface area (Å²) < 4.78 is 5.08. The maximum Gasteiger partial charge on any atom is 0.254 e. The summed E-state index contributed by atoms with van der Waals surface area (Å²) in [5, 5.41) is 27.0. The Morgan fingerprint density at radius 3 is 2.54 bits per heavy atom. The topological polar surface area (TPSA) is 121 Å². The summed E-state index contributed by atoms with van der Waals surface area (Å²) in [7, 11) is 2.87. The van der Waals surface area contributed by atoms with Crippen molar-refractivity contribution in [3.8, 4) is 22.6 Å². The second-order valence-electron chi connectivity index (χ2n) is 9.48. The maximum atomic E-state index is 13.5. The summed E-state index contributed by atoms with van der Waals surface area (Å²) in [6.45, 7) is 2.28. The second-order valence-corrected chi connectivity index (χ2v) is 9.48. The van der Waals surface area contributed by atoms with Crippen LogP contribution in [-0.2, 0) is 9.63 Å². The number of nitrogens with zero attached hydrogens (tertiary/aromatic N) is 2. The van der Waals surface area contributed by atoms with E-state index in [1.54, 1.807) is 23.1 Å². The normalized spacial score (nSPS) is 16.7. The molecule has 204 valence electrons. The molecule has 0 spiro atoms. The van der Waals surface area contributed by atoms with Crippen LogP contribution in [0.1, 0.15) is 40.4 Å². The number of benzene rings is 3. The third-order valence-electron chi connectivity index (χ3n) is 6.84. The van der Waals surface area contributed by atoms with E-state index in [1.807, 2.05) is 43.3 Å². The van der Waals surface area contributed by atoms with Crippen LogP contribution in [0.2, 0.25) is 0 Å². The van der Waals surface area contributed by atoms with Gasteiger partial charge in [0.2, 0.25) is 5.91 Å². The van der Waals surface area contributed by atoms with Crippen LogP contribution in [0.15, 0.2) is 71.9 Å². The largest absolute Gasteiger partial charge is 0.504 e. The quantitative estimate of drug-likeness (QED) is 0.361. The minimum Gasteiger partial charge on any atom is -0.504 e. The zero-order chi connectivity index (χ0) is 27.9. The van der Waals surface area contributed by atoms with Crippen LogP contribution in [0.5, 0.6) is 11.5 Å². The van der Waals surface area contributed by atoms with Crippen molar-refractivity contribution >= 4 is 17.5 Å². The molecule has 0 aliphatic carbocycles. The summed E-state index contributed by atoms with van der Waals surface area (Å²) in [6, 6.07) is 19.6. The number of phenols is 1. The van der Waals surface area contributed by atoms with E-state index in [0.29, 0.717) is 23.3 Å². The highest BCUT2D eigenvalue weighted by Crippen LogP contribution is 2.29. The van der Waals surface area contributed by atoms with Gasteiger partial charge in [0.05, 0.1) is 25.5 Å². The molecule has 3 N–H and O–H groups in total. The van der Waals surface area contributed by atoms with Crippen LogP contribution in [0, 0.1) is 6.92 Å². The van der Waals surface area contributed by atoms with Crippen molar-refractivity contribution in [2.24, 2.45) is 5.16 Å². The molecule has 1 heterocycles. The molecule has 2 atom stereocenters. The number of aliphatic hydroxyl groups excluding tert-OH is 1. The lowest BCUT2D eigenvalue weighted by atomic mass is 9.99. The second kappa shape index (κ2) is 12.4. The van der Waals surface area contributed by atoms with Gasteiger partial charge in [-0.05, 0) is 53.4 Å². The molecule has 0 bridgehead atoms. The van der Waals surface area contributed by atoms with Crippen molar-refractivity contribution in [3.05, 3.63) is 83.4 Å². The van der Waals surface area contributed by atoms with Gasteiger partial charge in [0, 0.05) is 31.0 Å². The van der Waals surface area contributed by atoms with E-state index in [4.69, 9.17) is 9.57 Å². The number of methoxy groups -OCH3 is 1. The SMILES string of the molecule is CON=C1C[C@@H](CC(=O)NCC(O)c2ccc(O)c(OC)c2)N(C(=O)c2ccc(-c3ccccc3C)cc2)C1. The summed E-state index contributed by atoms with van der Waals surface area (Å²) >= 11 is 0. The standard InChI is InChI=1S/C30H33N3O6/c1-19-6-4-5-7-25(19)20-8-10-21(11-9-20)30(37)33-18-23(32-39-3)15-24(33)16-29(36)31-17-27(35)22-12-13-26(34)28(14-22)38-2/h4-14,24,27,34-35H,15-18H2,1-3H3,(H,31,36)/t24-,27?/m0/s1. The summed E-state index contributed by atoms with van der Waals surface area (Å²) in [6.07, 6.45) is -0.546. The molecule has 0 saturated carbocycles. The monoisotopic (exact) mass is 531 g/mol. The number of aliphatic hydroxyl groups is 1. The van der Waals surface area contributed by atoms with Gasteiger partial charge < -0.3 is 30.0 Å². The highest BCUT2D eigenvalue weighted by Gasteiger charge is 2.35. The molecular formula is C30H33N3O6. The number of rotatable bonds is 9. The molecule has 9 nitrogen and oxygen atoms in total. The fraction of sp³-hybridized carbons (Fsp3) is 0.300. The lowest BCUT2D eigenvalue weighted by Gasteiger charge is -2.24. The third-order valence-corrected chi connectivity index (χ3v) is 6.84. The molecule has 3 aromatic carbocycles. The Balaban J connectivity index is 1.42. The van der Waals surface area contributed by atoms with E-state index in [9.17, 15) is 19.8 Å². The average molecular weight is 532 g/mol. The molecule has 2 amide bonds. The van der Waals surface area contributed by atoms with Crippen LogP contribution < -0.4 is 10.1 Å². The first kappa shape index (κ1) is 27.7. The number of likely N-dealkylation sites (tertiary alicyclic amines) is 1. The van der Waals surface area contributed by atoms with Crippen LogP contribution in [-0.4, -0.2) is 66.0 Å². The highest BCUT2D eigenvalue weighted by atomic mass is 16.6. The molecule has 1 unspecified atom stereocenters. The van der Waals surface area contributed by atoms with Crippen molar-refractivity contribution in [1.29, 1.82) is 0 Å². The predicted octanol–water partition coefficient (Wildman–Crippen LogP) is 3.83. The molecule has 0 aromatic heterocycles. The number of nitrogens with one attached hydrogen (secondary N) is 1. The van der Waals surface area contributed by atoms with Crippen molar-refractivity contribution in [3.63, 3.8) is 0 Å². The fourth-order valence-electron chi connectivity index (χ4n) is 4.76. The van der Waals surface area contributed by atoms with Crippen molar-refractivity contribution < 1.29 is 29.4 Å². The first-order valence-corrected chi connectivity index (χ1v) is 12.7. The molecule has 3 aromatic rings. The number of aromatic hydroxyl groups is 1. The van der Waals surface area contributed by atoms with Gasteiger partial charge in [-0.1, -0.05) is 47.6 Å². The van der Waals surface area contributed by atoms with Crippen molar-refractivity contribution in [2.75, 3.05) is 27.3 Å². The molecule has 1 saturated heterocycles. The number of phenolic OH excluding ortho intramolecular Hbond substituents is 1. The van der Waals surface area contributed by atoms with Gasteiger partial charge in [-0.25, -0.2) is 0 Å². The number of aryl methyl sites for hydroxylation is 1. The van der Waals surface area contributed by atoms with Gasteiger partial charge in [-0.15, -0.1) is 0 Å². The van der Waals surface area contributed by atoms with E-state index in [-0.39, 0.29) is 42.8 Å². The third kappa shape index (κ3) is 6.56. The van der Waals surface area contributed by atoms with Crippen LogP contribution in [0.4, 0.5) is 0 Å². The summed E-state index contributed by atoms with van der Waals surface area (Å²) in [5.74, 6) is -0.311. The zero-order valence-corrected chi connectivity index (χ0v) is 22.3. The van der Waals surface area contributed by atoms with E-state index >= 15 is 0 Å². The summed E-state index contributed by atoms with van der Waals surface area (Å²) in [4.78, 5) is 32.9. The van der Waals surface area contributed by atoms with Gasteiger partial charge in [0.1, 0.15) is 7.11 Å². The number of carbonyl (C=O) groups excluding carboxylic acids is 2.